The fourth-order valence-electron chi connectivity index (χ4n) is 3.89. The zero-order valence-electron chi connectivity index (χ0n) is 16.2. The number of carbonyl (C=O) groups excluding carboxylic acids is 3. The molecule has 2 fully saturated rings. The van der Waals surface area contributed by atoms with Crippen LogP contribution < -0.4 is 14.8 Å². The number of rotatable bonds is 7. The Kier molecular flexibility index (Phi) is 4.87. The first-order valence-electron chi connectivity index (χ1n) is 9.67. The van der Waals surface area contributed by atoms with Crippen LogP contribution in [0.3, 0.4) is 0 Å². The van der Waals surface area contributed by atoms with Crippen molar-refractivity contribution in [2.24, 2.45) is 0 Å². The summed E-state index contributed by atoms with van der Waals surface area (Å²) in [6.45, 7) is 0.634. The number of fused-ring (bicyclic) bond motifs is 2. The summed E-state index contributed by atoms with van der Waals surface area (Å²) in [5.74, 6) is 1.03. The van der Waals surface area contributed by atoms with Gasteiger partial charge in [0.05, 0.1) is 14.2 Å². The molecule has 28 heavy (non-hydrogen) atoms. The third-order valence-electron chi connectivity index (χ3n) is 5.59. The van der Waals surface area contributed by atoms with E-state index >= 15 is 0 Å². The van der Waals surface area contributed by atoms with E-state index in [-0.39, 0.29) is 24.4 Å². The molecule has 0 aromatic heterocycles. The number of amides is 4. The topological polar surface area (TPSA) is 88.2 Å². The Hall–Kier alpha value is -2.77. The predicted molar refractivity (Wildman–Crippen MR) is 100 cm³/mol. The van der Waals surface area contributed by atoms with Crippen molar-refractivity contribution in [3.05, 3.63) is 23.3 Å². The van der Waals surface area contributed by atoms with Gasteiger partial charge < -0.3 is 19.7 Å². The van der Waals surface area contributed by atoms with Crippen LogP contribution in [0.1, 0.15) is 36.8 Å². The van der Waals surface area contributed by atoms with Crippen molar-refractivity contribution in [1.29, 1.82) is 0 Å². The van der Waals surface area contributed by atoms with Crippen molar-refractivity contribution < 1.29 is 23.9 Å². The Labute approximate surface area is 163 Å². The molecule has 1 unspecified atom stereocenters. The van der Waals surface area contributed by atoms with Gasteiger partial charge >= 0.3 is 6.03 Å². The summed E-state index contributed by atoms with van der Waals surface area (Å²) in [5.41, 5.74) is 1.95. The number of hydrogen-bond acceptors (Lipinski definition) is 5. The van der Waals surface area contributed by atoms with Crippen LogP contribution in [0, 0.1) is 0 Å². The zero-order chi connectivity index (χ0) is 19.8. The van der Waals surface area contributed by atoms with E-state index in [1.165, 1.54) is 4.90 Å². The van der Waals surface area contributed by atoms with Gasteiger partial charge in [-0.25, -0.2) is 4.79 Å². The first-order valence-corrected chi connectivity index (χ1v) is 9.67. The Morgan fingerprint density at radius 1 is 1.14 bits per heavy atom. The maximum atomic E-state index is 12.8. The molecule has 3 aliphatic rings. The van der Waals surface area contributed by atoms with Gasteiger partial charge in [-0.05, 0) is 42.5 Å². The molecule has 150 valence electrons. The number of ether oxygens (including phenoxy) is 2. The highest BCUT2D eigenvalue weighted by atomic mass is 16.5. The van der Waals surface area contributed by atoms with Crippen molar-refractivity contribution in [3.8, 4) is 11.5 Å². The molecule has 0 bridgehead atoms. The van der Waals surface area contributed by atoms with Gasteiger partial charge in [-0.15, -0.1) is 0 Å². The largest absolute Gasteiger partial charge is 0.493 e. The average molecular weight is 387 g/mol. The maximum Gasteiger partial charge on any atom is 0.327 e. The van der Waals surface area contributed by atoms with E-state index in [9.17, 15) is 14.4 Å². The summed E-state index contributed by atoms with van der Waals surface area (Å²) in [5, 5.41) is 2.92. The number of urea groups is 1. The lowest BCUT2D eigenvalue weighted by Gasteiger charge is -2.29. The van der Waals surface area contributed by atoms with E-state index in [1.54, 1.807) is 19.1 Å². The lowest BCUT2D eigenvalue weighted by molar-refractivity contribution is -0.129. The highest BCUT2D eigenvalue weighted by Crippen LogP contribution is 2.37. The molecule has 4 rings (SSSR count). The highest BCUT2D eigenvalue weighted by Gasteiger charge is 2.47. The number of benzene rings is 1. The van der Waals surface area contributed by atoms with Crippen LogP contribution in [-0.2, 0) is 22.6 Å². The van der Waals surface area contributed by atoms with Gasteiger partial charge in [0.2, 0.25) is 5.91 Å². The van der Waals surface area contributed by atoms with Crippen molar-refractivity contribution >= 4 is 17.8 Å². The highest BCUT2D eigenvalue weighted by molar-refractivity contribution is 6.04. The molecule has 2 heterocycles. The molecule has 8 heteroatoms. The quantitative estimate of drug-likeness (QED) is 0.716. The van der Waals surface area contributed by atoms with Crippen molar-refractivity contribution in [2.45, 2.75) is 50.7 Å². The first kappa shape index (κ1) is 18.6. The standard InChI is InChI=1S/C20H25N3O5/c1-27-16-9-12-8-15-19(25)22(7-3-4-18(24)21-14-5-6-14)20(26)23(15)11-13(12)10-17(16)28-2/h9-10,14-15H,3-8,11H2,1-2H3,(H,21,24). The van der Waals surface area contributed by atoms with Gasteiger partial charge in [-0.1, -0.05) is 0 Å². The molecule has 4 amide bonds. The minimum absolute atomic E-state index is 0.00841. The molecule has 1 aromatic rings. The van der Waals surface area contributed by atoms with Crippen LogP contribution in [0.4, 0.5) is 4.79 Å². The lowest BCUT2D eigenvalue weighted by Crippen LogP contribution is -2.40. The number of carbonyl (C=O) groups is 3. The molecular weight excluding hydrogens is 362 g/mol. The first-order chi connectivity index (χ1) is 13.5. The molecule has 0 spiro atoms. The van der Waals surface area contributed by atoms with E-state index in [0.717, 1.165) is 24.0 Å². The van der Waals surface area contributed by atoms with Gasteiger partial charge in [-0.2, -0.15) is 0 Å². The smallest absolute Gasteiger partial charge is 0.327 e. The zero-order valence-corrected chi connectivity index (χ0v) is 16.2. The normalized spacial score (nSPS) is 20.7. The van der Waals surface area contributed by atoms with Gasteiger partial charge in [0.25, 0.3) is 5.91 Å². The number of methoxy groups -OCH3 is 2. The monoisotopic (exact) mass is 387 g/mol. The maximum absolute atomic E-state index is 12.8. The van der Waals surface area contributed by atoms with Crippen molar-refractivity contribution in [2.75, 3.05) is 20.8 Å². The third kappa shape index (κ3) is 3.39. The van der Waals surface area contributed by atoms with Crippen LogP contribution in [-0.4, -0.2) is 60.5 Å². The Balaban J connectivity index is 1.42. The predicted octanol–water partition coefficient (Wildman–Crippen LogP) is 1.45. The number of nitrogens with one attached hydrogen (secondary N) is 1. The summed E-state index contributed by atoms with van der Waals surface area (Å²) in [6, 6.07) is 3.31. The second kappa shape index (κ2) is 7.33. The van der Waals surface area contributed by atoms with E-state index in [0.29, 0.717) is 43.3 Å². The van der Waals surface area contributed by atoms with E-state index < -0.39 is 6.04 Å². The van der Waals surface area contributed by atoms with Gasteiger partial charge in [0, 0.05) is 32.0 Å². The molecule has 1 saturated heterocycles. The molecule has 1 N–H and O–H groups in total. The summed E-state index contributed by atoms with van der Waals surface area (Å²) in [4.78, 5) is 40.3. The summed E-state index contributed by atoms with van der Waals surface area (Å²) in [7, 11) is 3.15. The number of imide groups is 1. The van der Waals surface area contributed by atoms with E-state index in [4.69, 9.17) is 9.47 Å². The van der Waals surface area contributed by atoms with E-state index in [2.05, 4.69) is 5.32 Å². The number of hydrogen-bond donors (Lipinski definition) is 1. The molecule has 2 aliphatic heterocycles. The minimum atomic E-state index is -0.488. The number of nitrogens with zero attached hydrogens (tertiary/aromatic N) is 2. The van der Waals surface area contributed by atoms with Crippen molar-refractivity contribution in [1.82, 2.24) is 15.1 Å². The van der Waals surface area contributed by atoms with Crippen molar-refractivity contribution in [3.63, 3.8) is 0 Å². The Morgan fingerprint density at radius 2 is 1.82 bits per heavy atom. The molecule has 0 radical (unpaired) electrons. The Morgan fingerprint density at radius 3 is 2.46 bits per heavy atom. The summed E-state index contributed by atoms with van der Waals surface area (Å²) >= 11 is 0. The van der Waals surface area contributed by atoms with E-state index in [1.807, 2.05) is 12.1 Å². The molecular formula is C20H25N3O5. The summed E-state index contributed by atoms with van der Waals surface area (Å²) < 4.78 is 10.7. The van der Waals surface area contributed by atoms with Crippen LogP contribution >= 0.6 is 0 Å². The van der Waals surface area contributed by atoms with Crippen LogP contribution in [0.2, 0.25) is 0 Å². The second-order valence-corrected chi connectivity index (χ2v) is 7.54. The third-order valence-corrected chi connectivity index (χ3v) is 5.59. The SMILES string of the molecule is COc1cc2c(cc1OC)CN1C(=O)N(CCCC(=O)NC3CC3)C(=O)C1C2. The van der Waals surface area contributed by atoms with Crippen LogP contribution in [0.25, 0.3) is 0 Å². The van der Waals surface area contributed by atoms with Crippen LogP contribution in [0.5, 0.6) is 11.5 Å². The molecule has 1 atom stereocenters. The summed E-state index contributed by atoms with van der Waals surface area (Å²) in [6.07, 6.45) is 3.35. The van der Waals surface area contributed by atoms with Gasteiger partial charge in [0.15, 0.2) is 11.5 Å². The average Bonchev–Trinajstić information content (AvgIpc) is 3.48. The molecule has 1 aliphatic carbocycles. The second-order valence-electron chi connectivity index (χ2n) is 7.54. The molecule has 1 aromatic carbocycles. The van der Waals surface area contributed by atoms with Crippen LogP contribution in [0.15, 0.2) is 12.1 Å². The van der Waals surface area contributed by atoms with Gasteiger partial charge in [-0.3, -0.25) is 14.5 Å². The molecule has 8 nitrogen and oxygen atoms in total. The fraction of sp³-hybridized carbons (Fsp3) is 0.550. The molecule has 1 saturated carbocycles. The van der Waals surface area contributed by atoms with Gasteiger partial charge in [0.1, 0.15) is 6.04 Å². The lowest BCUT2D eigenvalue weighted by atomic mass is 9.94. The Bertz CT molecular complexity index is 769. The fourth-order valence-corrected chi connectivity index (χ4v) is 3.89. The minimum Gasteiger partial charge on any atom is -0.493 e.